The van der Waals surface area contributed by atoms with Crippen LogP contribution in [-0.4, -0.2) is 47.8 Å². The third-order valence-electron chi connectivity index (χ3n) is 4.33. The summed E-state index contributed by atoms with van der Waals surface area (Å²) in [7, 11) is 0. The van der Waals surface area contributed by atoms with Gasteiger partial charge >= 0.3 is 0 Å². The van der Waals surface area contributed by atoms with Crippen molar-refractivity contribution in [2.24, 2.45) is 0 Å². The zero-order valence-electron chi connectivity index (χ0n) is 15.7. The highest BCUT2D eigenvalue weighted by Crippen LogP contribution is 2.20. The van der Waals surface area contributed by atoms with Gasteiger partial charge in [0.05, 0.1) is 13.2 Å². The van der Waals surface area contributed by atoms with Crippen molar-refractivity contribution in [1.29, 1.82) is 0 Å². The van der Waals surface area contributed by atoms with Gasteiger partial charge in [0.2, 0.25) is 17.8 Å². The molecule has 0 saturated carbocycles. The first kappa shape index (κ1) is 19.6. The van der Waals surface area contributed by atoms with E-state index in [0.29, 0.717) is 36.1 Å². The fourth-order valence-corrected chi connectivity index (χ4v) is 2.94. The largest absolute Gasteiger partial charge is 0.378 e. The second-order valence-electron chi connectivity index (χ2n) is 6.50. The molecule has 1 aliphatic rings. The van der Waals surface area contributed by atoms with Crippen molar-refractivity contribution in [2.75, 3.05) is 48.4 Å². The third kappa shape index (κ3) is 6.22. The number of aromatic nitrogens is 3. The summed E-state index contributed by atoms with van der Waals surface area (Å²) in [6, 6.07) is 7.47. The standard InChI is InChI=1S/C19H27ClN6O/c1-2-3-4-5-10-21-17-23-18(22-16-8-6-15(20)7-9-16)25-19(24-17)26-11-13-27-14-12-26/h6-9H,2-5,10-14H2,1H3,(H2,21,22,23,24,25). The highest BCUT2D eigenvalue weighted by atomic mass is 35.5. The molecule has 1 aromatic carbocycles. The molecule has 2 heterocycles. The topological polar surface area (TPSA) is 75.2 Å². The molecule has 0 atom stereocenters. The van der Waals surface area contributed by atoms with Crippen LogP contribution < -0.4 is 15.5 Å². The van der Waals surface area contributed by atoms with Gasteiger partial charge in [-0.3, -0.25) is 0 Å². The Balaban J connectivity index is 1.73. The van der Waals surface area contributed by atoms with E-state index in [1.807, 2.05) is 24.3 Å². The van der Waals surface area contributed by atoms with Gasteiger partial charge in [-0.2, -0.15) is 15.0 Å². The number of nitrogens with one attached hydrogen (secondary N) is 2. The van der Waals surface area contributed by atoms with E-state index in [1.54, 1.807) is 0 Å². The number of rotatable bonds is 9. The zero-order chi connectivity index (χ0) is 18.9. The lowest BCUT2D eigenvalue weighted by Crippen LogP contribution is -2.37. The fourth-order valence-electron chi connectivity index (χ4n) is 2.82. The fraction of sp³-hybridized carbons (Fsp3) is 0.526. The molecule has 1 aromatic heterocycles. The first-order valence-corrected chi connectivity index (χ1v) is 9.97. The van der Waals surface area contributed by atoms with Gasteiger partial charge in [-0.15, -0.1) is 0 Å². The Hall–Kier alpha value is -2.12. The minimum absolute atomic E-state index is 0.518. The Kier molecular flexibility index (Phi) is 7.47. The van der Waals surface area contributed by atoms with Crippen LogP contribution in [0.5, 0.6) is 0 Å². The lowest BCUT2D eigenvalue weighted by molar-refractivity contribution is 0.122. The van der Waals surface area contributed by atoms with Gasteiger partial charge < -0.3 is 20.3 Å². The van der Waals surface area contributed by atoms with E-state index in [-0.39, 0.29) is 0 Å². The number of ether oxygens (including phenoxy) is 1. The van der Waals surface area contributed by atoms with E-state index in [9.17, 15) is 0 Å². The molecule has 27 heavy (non-hydrogen) atoms. The molecule has 7 nitrogen and oxygen atoms in total. The van der Waals surface area contributed by atoms with E-state index in [2.05, 4.69) is 37.4 Å². The number of benzene rings is 1. The minimum Gasteiger partial charge on any atom is -0.378 e. The highest BCUT2D eigenvalue weighted by Gasteiger charge is 2.16. The van der Waals surface area contributed by atoms with Crippen LogP contribution in [0.15, 0.2) is 24.3 Å². The first-order valence-electron chi connectivity index (χ1n) is 9.60. The molecule has 2 N–H and O–H groups in total. The lowest BCUT2D eigenvalue weighted by atomic mass is 10.2. The molecular formula is C19H27ClN6O. The molecule has 0 radical (unpaired) electrons. The number of halogens is 1. The van der Waals surface area contributed by atoms with Gasteiger partial charge in [0, 0.05) is 30.3 Å². The number of hydrogen-bond donors (Lipinski definition) is 2. The molecule has 0 unspecified atom stereocenters. The van der Waals surface area contributed by atoms with Crippen LogP contribution in [0.4, 0.5) is 23.5 Å². The van der Waals surface area contributed by atoms with E-state index < -0.39 is 0 Å². The number of nitrogens with zero attached hydrogens (tertiary/aromatic N) is 4. The van der Waals surface area contributed by atoms with Crippen molar-refractivity contribution in [3.63, 3.8) is 0 Å². The van der Waals surface area contributed by atoms with Crippen LogP contribution >= 0.6 is 11.6 Å². The van der Waals surface area contributed by atoms with Gasteiger partial charge in [-0.05, 0) is 30.7 Å². The van der Waals surface area contributed by atoms with Gasteiger partial charge in [0.1, 0.15) is 0 Å². The predicted octanol–water partition coefficient (Wildman–Crippen LogP) is 4.10. The normalized spacial score (nSPS) is 14.2. The lowest BCUT2D eigenvalue weighted by Gasteiger charge is -2.27. The predicted molar refractivity (Wildman–Crippen MR) is 110 cm³/mol. The van der Waals surface area contributed by atoms with E-state index >= 15 is 0 Å². The molecule has 0 spiro atoms. The monoisotopic (exact) mass is 390 g/mol. The summed E-state index contributed by atoms with van der Waals surface area (Å²) >= 11 is 5.96. The number of anilines is 4. The average Bonchev–Trinajstić information content (AvgIpc) is 2.70. The van der Waals surface area contributed by atoms with E-state index in [1.165, 1.54) is 19.3 Å². The molecule has 1 aliphatic heterocycles. The number of hydrogen-bond acceptors (Lipinski definition) is 7. The Morgan fingerprint density at radius 1 is 1.00 bits per heavy atom. The van der Waals surface area contributed by atoms with E-state index in [0.717, 1.165) is 31.7 Å². The first-order chi connectivity index (χ1) is 13.2. The highest BCUT2D eigenvalue weighted by molar-refractivity contribution is 6.30. The zero-order valence-corrected chi connectivity index (χ0v) is 16.5. The van der Waals surface area contributed by atoms with Crippen molar-refractivity contribution in [3.8, 4) is 0 Å². The van der Waals surface area contributed by atoms with Crippen LogP contribution in [0.2, 0.25) is 5.02 Å². The maximum absolute atomic E-state index is 5.96. The molecular weight excluding hydrogens is 364 g/mol. The molecule has 0 bridgehead atoms. The molecule has 1 saturated heterocycles. The summed E-state index contributed by atoms with van der Waals surface area (Å²) in [5, 5.41) is 7.27. The summed E-state index contributed by atoms with van der Waals surface area (Å²) in [5.74, 6) is 1.78. The smallest absolute Gasteiger partial charge is 0.233 e. The van der Waals surface area contributed by atoms with Crippen LogP contribution in [0, 0.1) is 0 Å². The summed E-state index contributed by atoms with van der Waals surface area (Å²) in [5.41, 5.74) is 0.882. The molecule has 2 aromatic rings. The summed E-state index contributed by atoms with van der Waals surface area (Å²) in [6.45, 7) is 5.99. The molecule has 0 amide bonds. The Morgan fingerprint density at radius 3 is 2.48 bits per heavy atom. The van der Waals surface area contributed by atoms with Crippen LogP contribution in [-0.2, 0) is 4.74 Å². The maximum atomic E-state index is 5.96. The maximum Gasteiger partial charge on any atom is 0.233 e. The molecule has 3 rings (SSSR count). The van der Waals surface area contributed by atoms with Gasteiger partial charge in [0.15, 0.2) is 0 Å². The number of unbranched alkanes of at least 4 members (excludes halogenated alkanes) is 3. The Labute approximate surface area is 165 Å². The van der Waals surface area contributed by atoms with Crippen molar-refractivity contribution in [3.05, 3.63) is 29.3 Å². The van der Waals surface area contributed by atoms with Crippen molar-refractivity contribution in [2.45, 2.75) is 32.6 Å². The Bertz CT molecular complexity index is 706. The van der Waals surface area contributed by atoms with Crippen LogP contribution in [0.1, 0.15) is 32.6 Å². The van der Waals surface area contributed by atoms with E-state index in [4.69, 9.17) is 16.3 Å². The summed E-state index contributed by atoms with van der Waals surface area (Å²) < 4.78 is 5.43. The second kappa shape index (κ2) is 10.3. The number of morpholine rings is 1. The molecule has 8 heteroatoms. The average molecular weight is 391 g/mol. The third-order valence-corrected chi connectivity index (χ3v) is 4.58. The van der Waals surface area contributed by atoms with Crippen molar-refractivity contribution in [1.82, 2.24) is 15.0 Å². The van der Waals surface area contributed by atoms with Gasteiger partial charge in [-0.1, -0.05) is 37.8 Å². The van der Waals surface area contributed by atoms with Gasteiger partial charge in [-0.25, -0.2) is 0 Å². The van der Waals surface area contributed by atoms with Gasteiger partial charge in [0.25, 0.3) is 0 Å². The second-order valence-corrected chi connectivity index (χ2v) is 6.94. The molecule has 146 valence electrons. The summed E-state index contributed by atoms with van der Waals surface area (Å²) in [4.78, 5) is 15.9. The molecule has 0 aliphatic carbocycles. The quantitative estimate of drug-likeness (QED) is 0.624. The summed E-state index contributed by atoms with van der Waals surface area (Å²) in [6.07, 6.45) is 4.79. The van der Waals surface area contributed by atoms with Crippen molar-refractivity contribution >= 4 is 35.1 Å². The Morgan fingerprint density at radius 2 is 1.74 bits per heavy atom. The molecule has 1 fully saturated rings. The van der Waals surface area contributed by atoms with Crippen LogP contribution in [0.25, 0.3) is 0 Å². The van der Waals surface area contributed by atoms with Crippen molar-refractivity contribution < 1.29 is 4.74 Å². The minimum atomic E-state index is 0.518. The van der Waals surface area contributed by atoms with Crippen LogP contribution in [0.3, 0.4) is 0 Å². The SMILES string of the molecule is CCCCCCNc1nc(Nc2ccc(Cl)cc2)nc(N2CCOCC2)n1.